The van der Waals surface area contributed by atoms with Crippen LogP contribution in [0.2, 0.25) is 0 Å². The maximum atomic E-state index is 11.7. The number of ether oxygens (including phenoxy) is 2. The molecule has 20 heavy (non-hydrogen) atoms. The van der Waals surface area contributed by atoms with E-state index >= 15 is 0 Å². The number of carbonyl (C=O) groups excluding carboxylic acids is 2. The third kappa shape index (κ3) is 3.89. The second-order valence-electron chi connectivity index (χ2n) is 4.13. The fourth-order valence-corrected chi connectivity index (χ4v) is 1.76. The van der Waals surface area contributed by atoms with Crippen LogP contribution in [-0.4, -0.2) is 30.1 Å². The van der Waals surface area contributed by atoms with Crippen LogP contribution in [-0.2, 0) is 14.3 Å². The average Bonchev–Trinajstić information content (AvgIpc) is 2.67. The molecule has 0 spiro atoms. The lowest BCUT2D eigenvalue weighted by Gasteiger charge is -1.99. The third-order valence-electron chi connectivity index (χ3n) is 2.67. The molecule has 0 atom stereocenters. The smallest absolute Gasteiger partial charge is 0.355 e. The summed E-state index contributed by atoms with van der Waals surface area (Å²) in [6, 6.07) is 0. The van der Waals surface area contributed by atoms with Crippen molar-refractivity contribution in [3.63, 3.8) is 0 Å². The first-order valence-electron chi connectivity index (χ1n) is 6.52. The second kappa shape index (κ2) is 7.39. The lowest BCUT2D eigenvalue weighted by atomic mass is 10.1. The van der Waals surface area contributed by atoms with Crippen molar-refractivity contribution in [2.24, 2.45) is 0 Å². The third-order valence-corrected chi connectivity index (χ3v) is 2.67. The van der Waals surface area contributed by atoms with E-state index in [1.165, 1.54) is 0 Å². The molecule has 1 aromatic heterocycles. The molecule has 0 bridgehead atoms. The highest BCUT2D eigenvalue weighted by atomic mass is 16.5. The van der Waals surface area contributed by atoms with Crippen molar-refractivity contribution in [1.29, 1.82) is 0 Å². The van der Waals surface area contributed by atoms with Gasteiger partial charge in [0.1, 0.15) is 12.1 Å². The van der Waals surface area contributed by atoms with E-state index < -0.39 is 5.97 Å². The molecule has 1 rings (SSSR count). The van der Waals surface area contributed by atoms with Gasteiger partial charge in [-0.25, -0.2) is 4.79 Å². The minimum absolute atomic E-state index is 0.0344. The molecule has 0 fully saturated rings. The standard InChI is InChI=1S/C15H19NO4/c1-5-19-13(17)9-7-8-12-10(3)14(16-11(12)4)15(18)20-6-2/h16H,5-6,9H2,1-4H3. The first-order valence-corrected chi connectivity index (χ1v) is 6.52. The summed E-state index contributed by atoms with van der Waals surface area (Å²) in [6.45, 7) is 7.78. The lowest BCUT2D eigenvalue weighted by Crippen LogP contribution is -2.06. The van der Waals surface area contributed by atoms with Crippen molar-refractivity contribution in [3.8, 4) is 11.8 Å². The summed E-state index contributed by atoms with van der Waals surface area (Å²) >= 11 is 0. The number of nitrogens with one attached hydrogen (secondary N) is 1. The number of aromatic nitrogens is 1. The Morgan fingerprint density at radius 1 is 1.15 bits per heavy atom. The minimum Gasteiger partial charge on any atom is -0.465 e. The molecule has 0 aromatic carbocycles. The van der Waals surface area contributed by atoms with E-state index in [-0.39, 0.29) is 12.4 Å². The Hall–Kier alpha value is -2.22. The van der Waals surface area contributed by atoms with Crippen molar-refractivity contribution in [2.75, 3.05) is 13.2 Å². The molecule has 108 valence electrons. The number of esters is 2. The van der Waals surface area contributed by atoms with Gasteiger partial charge in [-0.2, -0.15) is 0 Å². The summed E-state index contributed by atoms with van der Waals surface area (Å²) in [5, 5.41) is 0. The molecule has 0 aliphatic heterocycles. The van der Waals surface area contributed by atoms with Gasteiger partial charge in [-0.3, -0.25) is 4.79 Å². The fraction of sp³-hybridized carbons (Fsp3) is 0.467. The van der Waals surface area contributed by atoms with Gasteiger partial charge in [0.15, 0.2) is 0 Å². The molecule has 0 saturated carbocycles. The maximum absolute atomic E-state index is 11.7. The molecule has 1 heterocycles. The maximum Gasteiger partial charge on any atom is 0.355 e. The van der Waals surface area contributed by atoms with Crippen LogP contribution in [0, 0.1) is 25.7 Å². The van der Waals surface area contributed by atoms with Crippen LogP contribution >= 0.6 is 0 Å². The largest absolute Gasteiger partial charge is 0.465 e. The van der Waals surface area contributed by atoms with E-state index in [0.29, 0.717) is 18.9 Å². The molecule has 0 amide bonds. The average molecular weight is 277 g/mol. The molecule has 0 saturated heterocycles. The number of rotatable bonds is 4. The van der Waals surface area contributed by atoms with Crippen molar-refractivity contribution in [1.82, 2.24) is 4.98 Å². The fourth-order valence-electron chi connectivity index (χ4n) is 1.76. The molecule has 0 aliphatic carbocycles. The minimum atomic E-state index is -0.397. The highest BCUT2D eigenvalue weighted by Crippen LogP contribution is 2.17. The summed E-state index contributed by atoms with van der Waals surface area (Å²) in [5.74, 6) is 4.91. The highest BCUT2D eigenvalue weighted by molar-refractivity contribution is 5.90. The monoisotopic (exact) mass is 277 g/mol. The molecule has 1 aromatic rings. The van der Waals surface area contributed by atoms with Gasteiger partial charge in [0.05, 0.1) is 13.2 Å². The van der Waals surface area contributed by atoms with E-state index in [4.69, 9.17) is 9.47 Å². The Morgan fingerprint density at radius 2 is 1.80 bits per heavy atom. The van der Waals surface area contributed by atoms with Crippen molar-refractivity contribution in [2.45, 2.75) is 34.1 Å². The van der Waals surface area contributed by atoms with Crippen LogP contribution in [0.15, 0.2) is 0 Å². The Balaban J connectivity index is 2.89. The lowest BCUT2D eigenvalue weighted by molar-refractivity contribution is -0.141. The van der Waals surface area contributed by atoms with Gasteiger partial charge in [0, 0.05) is 11.3 Å². The van der Waals surface area contributed by atoms with Gasteiger partial charge in [0.25, 0.3) is 0 Å². The van der Waals surface area contributed by atoms with Crippen LogP contribution in [0.5, 0.6) is 0 Å². The number of aryl methyl sites for hydroxylation is 1. The number of carbonyl (C=O) groups is 2. The van der Waals surface area contributed by atoms with Gasteiger partial charge in [0.2, 0.25) is 0 Å². The topological polar surface area (TPSA) is 68.4 Å². The second-order valence-corrected chi connectivity index (χ2v) is 4.13. The van der Waals surface area contributed by atoms with E-state index in [2.05, 4.69) is 16.8 Å². The van der Waals surface area contributed by atoms with E-state index in [1.54, 1.807) is 20.8 Å². The van der Waals surface area contributed by atoms with Gasteiger partial charge in [-0.1, -0.05) is 11.8 Å². The molecule has 0 unspecified atom stereocenters. The molecular weight excluding hydrogens is 258 g/mol. The van der Waals surface area contributed by atoms with Gasteiger partial charge in [-0.15, -0.1) is 0 Å². The number of hydrogen-bond donors (Lipinski definition) is 1. The van der Waals surface area contributed by atoms with Crippen LogP contribution in [0.1, 0.15) is 47.6 Å². The Morgan fingerprint density at radius 3 is 2.40 bits per heavy atom. The molecular formula is C15H19NO4. The quantitative estimate of drug-likeness (QED) is 0.676. The molecule has 0 aliphatic rings. The van der Waals surface area contributed by atoms with Gasteiger partial charge >= 0.3 is 11.9 Å². The van der Waals surface area contributed by atoms with E-state index in [9.17, 15) is 9.59 Å². The van der Waals surface area contributed by atoms with Crippen molar-refractivity contribution in [3.05, 3.63) is 22.5 Å². The highest BCUT2D eigenvalue weighted by Gasteiger charge is 2.17. The van der Waals surface area contributed by atoms with Crippen LogP contribution < -0.4 is 0 Å². The van der Waals surface area contributed by atoms with Crippen molar-refractivity contribution < 1.29 is 19.1 Å². The first-order chi connectivity index (χ1) is 9.51. The number of H-pyrrole nitrogens is 1. The summed E-state index contributed by atoms with van der Waals surface area (Å²) in [5.41, 5.74) is 2.64. The first kappa shape index (κ1) is 15.8. The molecule has 5 nitrogen and oxygen atoms in total. The van der Waals surface area contributed by atoms with E-state index in [0.717, 1.165) is 16.8 Å². The summed E-state index contributed by atoms with van der Waals surface area (Å²) < 4.78 is 9.75. The zero-order chi connectivity index (χ0) is 15.1. The number of aromatic amines is 1. The summed E-state index contributed by atoms with van der Waals surface area (Å²) in [7, 11) is 0. The van der Waals surface area contributed by atoms with E-state index in [1.807, 2.05) is 6.92 Å². The Labute approximate surface area is 118 Å². The van der Waals surface area contributed by atoms with Crippen LogP contribution in [0.3, 0.4) is 0 Å². The predicted molar refractivity (Wildman–Crippen MR) is 74.4 cm³/mol. The van der Waals surface area contributed by atoms with Crippen LogP contribution in [0.4, 0.5) is 0 Å². The van der Waals surface area contributed by atoms with Gasteiger partial charge in [-0.05, 0) is 33.3 Å². The zero-order valence-electron chi connectivity index (χ0n) is 12.3. The molecule has 5 heteroatoms. The Bertz CT molecular complexity index is 560. The van der Waals surface area contributed by atoms with Gasteiger partial charge < -0.3 is 14.5 Å². The summed E-state index contributed by atoms with van der Waals surface area (Å²) in [6.07, 6.45) is 0.0344. The zero-order valence-corrected chi connectivity index (χ0v) is 12.3. The van der Waals surface area contributed by atoms with Crippen molar-refractivity contribution >= 4 is 11.9 Å². The normalized spacial score (nSPS) is 9.60. The summed E-state index contributed by atoms with van der Waals surface area (Å²) in [4.78, 5) is 25.9. The molecule has 1 N–H and O–H groups in total. The molecule has 0 radical (unpaired) electrons. The SMILES string of the molecule is CCOC(=O)CC#Cc1c(C)[nH]c(C(=O)OCC)c1C. The predicted octanol–water partition coefficient (Wildman–Crippen LogP) is 2.11. The number of hydrogen-bond acceptors (Lipinski definition) is 4. The van der Waals surface area contributed by atoms with Crippen LogP contribution in [0.25, 0.3) is 0 Å². The Kier molecular flexibility index (Phi) is 5.85.